The highest BCUT2D eigenvalue weighted by atomic mass is 32.1. The molecule has 4 rings (SSSR count). The predicted octanol–water partition coefficient (Wildman–Crippen LogP) is 4.42. The fraction of sp³-hybridized carbons (Fsp3) is 0.0526. The Kier molecular flexibility index (Phi) is 4.28. The van der Waals surface area contributed by atoms with Crippen molar-refractivity contribution in [1.82, 2.24) is 15.1 Å². The summed E-state index contributed by atoms with van der Waals surface area (Å²) in [6.45, 7) is 1.87. The Morgan fingerprint density at radius 3 is 2.77 bits per heavy atom. The van der Waals surface area contributed by atoms with E-state index in [0.29, 0.717) is 28.5 Å². The van der Waals surface area contributed by atoms with E-state index < -0.39 is 0 Å². The van der Waals surface area contributed by atoms with Crippen molar-refractivity contribution in [3.05, 3.63) is 71.4 Å². The standard InChI is InChI=1S/C19H14N4O2S/c1-12-8-9-13(11-20-12)18(24)21-15-6-3-2-5-14(15)19-22-17(23-25-19)16-7-4-10-26-16/h2-11H,1H3,(H,21,24). The molecule has 128 valence electrons. The molecule has 4 aromatic rings. The van der Waals surface area contributed by atoms with Crippen molar-refractivity contribution in [2.45, 2.75) is 6.92 Å². The van der Waals surface area contributed by atoms with Crippen LogP contribution in [0.1, 0.15) is 16.1 Å². The average molecular weight is 362 g/mol. The number of anilines is 1. The van der Waals surface area contributed by atoms with Crippen molar-refractivity contribution in [2.24, 2.45) is 0 Å². The molecule has 0 aliphatic heterocycles. The highest BCUT2D eigenvalue weighted by Crippen LogP contribution is 2.30. The monoisotopic (exact) mass is 362 g/mol. The normalized spacial score (nSPS) is 10.7. The number of amides is 1. The van der Waals surface area contributed by atoms with Crippen LogP contribution in [0.25, 0.3) is 22.2 Å². The van der Waals surface area contributed by atoms with Crippen LogP contribution in [-0.4, -0.2) is 21.0 Å². The Bertz CT molecular complexity index is 1040. The molecule has 0 radical (unpaired) electrons. The summed E-state index contributed by atoms with van der Waals surface area (Å²) in [6, 6.07) is 14.7. The van der Waals surface area contributed by atoms with E-state index in [9.17, 15) is 4.79 Å². The summed E-state index contributed by atoms with van der Waals surface area (Å²) in [6.07, 6.45) is 1.55. The Labute approximate surface area is 153 Å². The highest BCUT2D eigenvalue weighted by molar-refractivity contribution is 7.13. The zero-order valence-electron chi connectivity index (χ0n) is 13.8. The van der Waals surface area contributed by atoms with E-state index in [4.69, 9.17) is 4.52 Å². The summed E-state index contributed by atoms with van der Waals surface area (Å²) in [5.41, 5.74) is 2.60. The number of benzene rings is 1. The molecule has 7 heteroatoms. The quantitative estimate of drug-likeness (QED) is 0.581. The van der Waals surface area contributed by atoms with Crippen LogP contribution < -0.4 is 5.32 Å². The van der Waals surface area contributed by atoms with Gasteiger partial charge in [-0.05, 0) is 42.6 Å². The van der Waals surface area contributed by atoms with E-state index in [1.54, 1.807) is 24.4 Å². The van der Waals surface area contributed by atoms with Crippen molar-refractivity contribution < 1.29 is 9.32 Å². The lowest BCUT2D eigenvalue weighted by molar-refractivity contribution is 0.102. The van der Waals surface area contributed by atoms with Gasteiger partial charge in [-0.25, -0.2) is 0 Å². The van der Waals surface area contributed by atoms with Gasteiger partial charge in [-0.2, -0.15) is 4.98 Å². The van der Waals surface area contributed by atoms with E-state index >= 15 is 0 Å². The Morgan fingerprint density at radius 1 is 1.12 bits per heavy atom. The number of para-hydroxylation sites is 1. The van der Waals surface area contributed by atoms with Gasteiger partial charge < -0.3 is 9.84 Å². The molecule has 0 spiro atoms. The van der Waals surface area contributed by atoms with Gasteiger partial charge in [-0.3, -0.25) is 9.78 Å². The van der Waals surface area contributed by atoms with Crippen LogP contribution in [0.4, 0.5) is 5.69 Å². The summed E-state index contributed by atoms with van der Waals surface area (Å²) >= 11 is 1.54. The number of aryl methyl sites for hydroxylation is 1. The van der Waals surface area contributed by atoms with Crippen LogP contribution in [0.2, 0.25) is 0 Å². The first-order valence-electron chi connectivity index (χ1n) is 7.92. The van der Waals surface area contributed by atoms with Crippen molar-refractivity contribution in [2.75, 3.05) is 5.32 Å². The molecule has 0 saturated heterocycles. The maximum atomic E-state index is 12.5. The summed E-state index contributed by atoms with van der Waals surface area (Å²) in [5, 5.41) is 8.86. The summed E-state index contributed by atoms with van der Waals surface area (Å²) in [4.78, 5) is 22.0. The van der Waals surface area contributed by atoms with Crippen LogP contribution in [0.5, 0.6) is 0 Å². The average Bonchev–Trinajstić information content (AvgIpc) is 3.34. The van der Waals surface area contributed by atoms with E-state index in [0.717, 1.165) is 10.6 Å². The third-order valence-electron chi connectivity index (χ3n) is 3.75. The van der Waals surface area contributed by atoms with Crippen LogP contribution in [-0.2, 0) is 0 Å². The van der Waals surface area contributed by atoms with Gasteiger partial charge in [0, 0.05) is 11.9 Å². The van der Waals surface area contributed by atoms with E-state index in [-0.39, 0.29) is 5.91 Å². The lowest BCUT2D eigenvalue weighted by Crippen LogP contribution is -2.13. The minimum absolute atomic E-state index is 0.247. The van der Waals surface area contributed by atoms with Crippen LogP contribution in [0, 0.1) is 6.92 Å². The number of aromatic nitrogens is 3. The summed E-state index contributed by atoms with van der Waals surface area (Å²) in [5.74, 6) is 0.633. The SMILES string of the molecule is Cc1ccc(C(=O)Nc2ccccc2-c2nc(-c3cccs3)no2)cn1. The van der Waals surface area contributed by atoms with Crippen molar-refractivity contribution >= 4 is 22.9 Å². The third-order valence-corrected chi connectivity index (χ3v) is 4.61. The van der Waals surface area contributed by atoms with Gasteiger partial charge in [0.15, 0.2) is 0 Å². The smallest absolute Gasteiger partial charge is 0.260 e. The fourth-order valence-corrected chi connectivity index (χ4v) is 3.06. The fourth-order valence-electron chi connectivity index (χ4n) is 2.41. The first-order valence-corrected chi connectivity index (χ1v) is 8.79. The first-order chi connectivity index (χ1) is 12.7. The molecule has 6 nitrogen and oxygen atoms in total. The van der Waals surface area contributed by atoms with Crippen LogP contribution in [0.3, 0.4) is 0 Å². The van der Waals surface area contributed by atoms with E-state index in [2.05, 4.69) is 20.4 Å². The molecule has 0 fully saturated rings. The zero-order chi connectivity index (χ0) is 17.9. The number of thiophene rings is 1. The molecule has 0 saturated carbocycles. The molecule has 0 atom stereocenters. The number of hydrogen-bond donors (Lipinski definition) is 1. The number of rotatable bonds is 4. The molecule has 3 heterocycles. The number of pyridine rings is 1. The second-order valence-electron chi connectivity index (χ2n) is 5.59. The minimum atomic E-state index is -0.247. The van der Waals surface area contributed by atoms with Crippen LogP contribution >= 0.6 is 11.3 Å². The molecular formula is C19H14N4O2S. The maximum absolute atomic E-state index is 12.5. The van der Waals surface area contributed by atoms with Crippen LogP contribution in [0.15, 0.2) is 64.6 Å². The Hall–Kier alpha value is -3.32. The van der Waals surface area contributed by atoms with Gasteiger partial charge in [0.2, 0.25) is 5.82 Å². The van der Waals surface area contributed by atoms with E-state index in [1.165, 1.54) is 11.3 Å². The number of carbonyl (C=O) groups is 1. The molecule has 3 aromatic heterocycles. The molecule has 0 aliphatic carbocycles. The van der Waals surface area contributed by atoms with Crippen molar-refractivity contribution in [3.8, 4) is 22.2 Å². The van der Waals surface area contributed by atoms with E-state index in [1.807, 2.05) is 42.6 Å². The lowest BCUT2D eigenvalue weighted by atomic mass is 10.1. The van der Waals surface area contributed by atoms with Crippen molar-refractivity contribution in [1.29, 1.82) is 0 Å². The molecule has 1 amide bonds. The number of nitrogens with one attached hydrogen (secondary N) is 1. The Balaban J connectivity index is 1.63. The second-order valence-corrected chi connectivity index (χ2v) is 6.54. The second kappa shape index (κ2) is 6.89. The molecular weight excluding hydrogens is 348 g/mol. The Morgan fingerprint density at radius 2 is 2.00 bits per heavy atom. The van der Waals surface area contributed by atoms with Gasteiger partial charge in [-0.15, -0.1) is 11.3 Å². The molecule has 1 N–H and O–H groups in total. The highest BCUT2D eigenvalue weighted by Gasteiger charge is 2.16. The zero-order valence-corrected chi connectivity index (χ0v) is 14.7. The third kappa shape index (κ3) is 3.25. The number of carbonyl (C=O) groups excluding carboxylic acids is 1. The van der Waals surface area contributed by atoms with Gasteiger partial charge in [-0.1, -0.05) is 23.4 Å². The molecule has 0 bridgehead atoms. The van der Waals surface area contributed by atoms with Gasteiger partial charge in [0.1, 0.15) is 0 Å². The lowest BCUT2D eigenvalue weighted by Gasteiger charge is -2.08. The minimum Gasteiger partial charge on any atom is -0.334 e. The molecule has 1 aromatic carbocycles. The first kappa shape index (κ1) is 16.2. The molecule has 0 unspecified atom stereocenters. The van der Waals surface area contributed by atoms with Gasteiger partial charge in [0.05, 0.1) is 21.7 Å². The molecule has 0 aliphatic rings. The summed E-state index contributed by atoms with van der Waals surface area (Å²) in [7, 11) is 0. The van der Waals surface area contributed by atoms with Gasteiger partial charge in [0.25, 0.3) is 11.8 Å². The largest absolute Gasteiger partial charge is 0.334 e. The predicted molar refractivity (Wildman–Crippen MR) is 100.0 cm³/mol. The maximum Gasteiger partial charge on any atom is 0.260 e. The van der Waals surface area contributed by atoms with Crippen molar-refractivity contribution in [3.63, 3.8) is 0 Å². The molecule has 26 heavy (non-hydrogen) atoms. The van der Waals surface area contributed by atoms with Gasteiger partial charge >= 0.3 is 0 Å². The number of hydrogen-bond acceptors (Lipinski definition) is 6. The summed E-state index contributed by atoms with van der Waals surface area (Å²) < 4.78 is 5.40. The topological polar surface area (TPSA) is 80.9 Å². The number of nitrogens with zero attached hydrogens (tertiary/aromatic N) is 3.